The van der Waals surface area contributed by atoms with Gasteiger partial charge in [0.15, 0.2) is 6.29 Å². The zero-order valence-corrected chi connectivity index (χ0v) is 15.4. The first kappa shape index (κ1) is 18.7. The Hall–Kier alpha value is -3.12. The second kappa shape index (κ2) is 8.05. The minimum absolute atomic E-state index is 0.154. The van der Waals surface area contributed by atoms with E-state index in [4.69, 9.17) is 9.47 Å². The molecule has 0 saturated carbocycles. The highest BCUT2D eigenvalue weighted by atomic mass is 32.1. The van der Waals surface area contributed by atoms with E-state index in [9.17, 15) is 14.7 Å². The lowest BCUT2D eigenvalue weighted by molar-refractivity contribution is -0.154. The molecule has 0 fully saturated rings. The summed E-state index contributed by atoms with van der Waals surface area (Å²) >= 11 is 1.58. The number of aldehydes is 1. The predicted molar refractivity (Wildman–Crippen MR) is 103 cm³/mol. The van der Waals surface area contributed by atoms with E-state index in [0.29, 0.717) is 24.2 Å². The first-order valence-corrected chi connectivity index (χ1v) is 9.18. The third-order valence-electron chi connectivity index (χ3n) is 4.14. The number of hydrogen-bond donors (Lipinski definition) is 1. The fourth-order valence-corrected chi connectivity index (χ4v) is 3.19. The zero-order valence-electron chi connectivity index (χ0n) is 14.6. The van der Waals surface area contributed by atoms with E-state index in [1.54, 1.807) is 59.9 Å². The molecular formula is C21H18O5S. The zero-order chi connectivity index (χ0) is 19.3. The van der Waals surface area contributed by atoms with Crippen LogP contribution in [0.5, 0.6) is 11.5 Å². The minimum atomic E-state index is -1.65. The third kappa shape index (κ3) is 4.17. The van der Waals surface area contributed by atoms with Crippen LogP contribution in [0.3, 0.4) is 0 Å². The maximum absolute atomic E-state index is 11.9. The molecule has 138 valence electrons. The van der Waals surface area contributed by atoms with Crippen molar-refractivity contribution in [2.24, 2.45) is 0 Å². The summed E-state index contributed by atoms with van der Waals surface area (Å²) in [6.45, 7) is 1.83. The van der Waals surface area contributed by atoms with Gasteiger partial charge in [-0.2, -0.15) is 11.3 Å². The van der Waals surface area contributed by atoms with Gasteiger partial charge in [0.05, 0.1) is 5.56 Å². The number of carbonyl (C=O) groups is 2. The third-order valence-corrected chi connectivity index (χ3v) is 4.88. The highest BCUT2D eigenvalue weighted by Gasteiger charge is 2.38. The summed E-state index contributed by atoms with van der Waals surface area (Å²) in [7, 11) is 0. The topological polar surface area (TPSA) is 72.8 Å². The highest BCUT2D eigenvalue weighted by molar-refractivity contribution is 7.07. The number of ether oxygens (including phenoxy) is 2. The quantitative estimate of drug-likeness (QED) is 0.580. The number of benzene rings is 2. The lowest BCUT2D eigenvalue weighted by Crippen LogP contribution is -2.38. The van der Waals surface area contributed by atoms with Crippen molar-refractivity contribution in [2.75, 3.05) is 0 Å². The Bertz CT molecular complexity index is 921. The SMILES string of the molecule is CC(Oc1cc(OCc2ccsc2)ccc1C=O)(C(=O)O)c1ccccc1. The Morgan fingerprint density at radius 2 is 1.96 bits per heavy atom. The molecule has 0 spiro atoms. The Morgan fingerprint density at radius 3 is 2.59 bits per heavy atom. The summed E-state index contributed by atoms with van der Waals surface area (Å²) < 4.78 is 11.6. The molecule has 0 aliphatic heterocycles. The maximum atomic E-state index is 11.9. The average molecular weight is 382 g/mol. The van der Waals surface area contributed by atoms with Crippen LogP contribution in [-0.4, -0.2) is 17.4 Å². The molecule has 0 aliphatic rings. The number of carbonyl (C=O) groups excluding carboxylic acids is 1. The molecule has 27 heavy (non-hydrogen) atoms. The van der Waals surface area contributed by atoms with Crippen molar-refractivity contribution in [1.82, 2.24) is 0 Å². The Morgan fingerprint density at radius 1 is 1.19 bits per heavy atom. The number of aliphatic carboxylic acids is 1. The summed E-state index contributed by atoms with van der Waals surface area (Å²) in [5.41, 5.74) is 0.104. The Labute approximate surface area is 160 Å². The molecule has 3 rings (SSSR count). The van der Waals surface area contributed by atoms with Gasteiger partial charge in [0.2, 0.25) is 5.60 Å². The van der Waals surface area contributed by atoms with E-state index in [2.05, 4.69) is 0 Å². The average Bonchev–Trinajstić information content (AvgIpc) is 3.20. The van der Waals surface area contributed by atoms with Crippen molar-refractivity contribution in [3.63, 3.8) is 0 Å². The number of carboxylic acids is 1. The van der Waals surface area contributed by atoms with Crippen LogP contribution in [0.25, 0.3) is 0 Å². The molecule has 6 heteroatoms. The molecule has 1 unspecified atom stereocenters. The van der Waals surface area contributed by atoms with Gasteiger partial charge in [-0.1, -0.05) is 30.3 Å². The monoisotopic (exact) mass is 382 g/mol. The fraction of sp³-hybridized carbons (Fsp3) is 0.143. The van der Waals surface area contributed by atoms with E-state index < -0.39 is 11.6 Å². The van der Waals surface area contributed by atoms with Crippen molar-refractivity contribution in [1.29, 1.82) is 0 Å². The molecule has 1 atom stereocenters. The van der Waals surface area contributed by atoms with Gasteiger partial charge in [-0.05, 0) is 41.4 Å². The fourth-order valence-electron chi connectivity index (χ4n) is 2.53. The molecule has 3 aromatic rings. The number of rotatable bonds is 8. The van der Waals surface area contributed by atoms with E-state index in [-0.39, 0.29) is 11.3 Å². The Kier molecular flexibility index (Phi) is 5.57. The smallest absolute Gasteiger partial charge is 0.352 e. The van der Waals surface area contributed by atoms with Gasteiger partial charge in [0, 0.05) is 11.6 Å². The molecule has 0 radical (unpaired) electrons. The van der Waals surface area contributed by atoms with Crippen molar-refractivity contribution in [3.05, 3.63) is 82.0 Å². The summed E-state index contributed by atoms with van der Waals surface area (Å²) in [6, 6.07) is 15.3. The van der Waals surface area contributed by atoms with Crippen LogP contribution >= 0.6 is 11.3 Å². The maximum Gasteiger partial charge on any atom is 0.352 e. The van der Waals surface area contributed by atoms with E-state index in [1.165, 1.54) is 6.92 Å². The molecule has 1 aromatic heterocycles. The van der Waals surface area contributed by atoms with Gasteiger partial charge in [-0.3, -0.25) is 4.79 Å². The minimum Gasteiger partial charge on any atom is -0.489 e. The number of hydrogen-bond acceptors (Lipinski definition) is 5. The van der Waals surface area contributed by atoms with Crippen LogP contribution in [0, 0.1) is 0 Å². The molecule has 0 amide bonds. The van der Waals surface area contributed by atoms with Crippen molar-refractivity contribution in [3.8, 4) is 11.5 Å². The molecule has 0 bridgehead atoms. The van der Waals surface area contributed by atoms with Crippen molar-refractivity contribution < 1.29 is 24.2 Å². The summed E-state index contributed by atoms with van der Waals surface area (Å²) in [4.78, 5) is 23.4. The second-order valence-electron chi connectivity index (χ2n) is 6.04. The first-order chi connectivity index (χ1) is 13.0. The number of thiophene rings is 1. The number of carboxylic acid groups (broad SMARTS) is 1. The van der Waals surface area contributed by atoms with Gasteiger partial charge >= 0.3 is 5.97 Å². The van der Waals surface area contributed by atoms with Crippen LogP contribution in [0.1, 0.15) is 28.4 Å². The molecule has 2 aromatic carbocycles. The van der Waals surface area contributed by atoms with Gasteiger partial charge < -0.3 is 14.6 Å². The van der Waals surface area contributed by atoms with E-state index in [1.807, 2.05) is 16.8 Å². The standard InChI is InChI=1S/C21H18O5S/c1-21(20(23)24,17-5-3-2-4-6-17)26-19-11-18(8-7-16(19)12-22)25-13-15-9-10-27-14-15/h2-12,14H,13H2,1H3,(H,23,24). The van der Waals surface area contributed by atoms with E-state index >= 15 is 0 Å². The second-order valence-corrected chi connectivity index (χ2v) is 6.82. The largest absolute Gasteiger partial charge is 0.489 e. The lowest BCUT2D eigenvalue weighted by atomic mass is 9.95. The normalized spacial score (nSPS) is 12.8. The molecule has 5 nitrogen and oxygen atoms in total. The Balaban J connectivity index is 1.90. The molecule has 0 saturated heterocycles. The van der Waals surface area contributed by atoms with Gasteiger partial charge in [-0.25, -0.2) is 4.79 Å². The van der Waals surface area contributed by atoms with Crippen LogP contribution in [-0.2, 0) is 17.0 Å². The first-order valence-electron chi connectivity index (χ1n) is 8.24. The molecule has 0 aliphatic carbocycles. The summed E-state index contributed by atoms with van der Waals surface area (Å²) in [6.07, 6.45) is 0.630. The van der Waals surface area contributed by atoms with Crippen LogP contribution < -0.4 is 9.47 Å². The van der Waals surface area contributed by atoms with Gasteiger partial charge in [0.25, 0.3) is 0 Å². The van der Waals surface area contributed by atoms with Gasteiger partial charge in [0.1, 0.15) is 18.1 Å². The molecule has 1 heterocycles. The summed E-state index contributed by atoms with van der Waals surface area (Å²) in [5.74, 6) is -0.515. The van der Waals surface area contributed by atoms with Crippen molar-refractivity contribution in [2.45, 2.75) is 19.1 Å². The van der Waals surface area contributed by atoms with Crippen LogP contribution in [0.4, 0.5) is 0 Å². The molecule has 1 N–H and O–H groups in total. The highest BCUT2D eigenvalue weighted by Crippen LogP contribution is 2.33. The van der Waals surface area contributed by atoms with Crippen LogP contribution in [0.15, 0.2) is 65.4 Å². The van der Waals surface area contributed by atoms with Crippen molar-refractivity contribution >= 4 is 23.6 Å². The van der Waals surface area contributed by atoms with Crippen LogP contribution in [0.2, 0.25) is 0 Å². The summed E-state index contributed by atoms with van der Waals surface area (Å²) in [5, 5.41) is 13.7. The molecular weight excluding hydrogens is 364 g/mol. The predicted octanol–water partition coefficient (Wildman–Crippen LogP) is 4.52. The van der Waals surface area contributed by atoms with Gasteiger partial charge in [-0.15, -0.1) is 0 Å². The van der Waals surface area contributed by atoms with E-state index in [0.717, 1.165) is 5.56 Å². The lowest BCUT2D eigenvalue weighted by Gasteiger charge is -2.27.